The van der Waals surface area contributed by atoms with Crippen molar-refractivity contribution in [3.05, 3.63) is 22.9 Å². The van der Waals surface area contributed by atoms with Crippen LogP contribution >= 0.6 is 11.6 Å². The van der Waals surface area contributed by atoms with E-state index in [4.69, 9.17) is 17.3 Å². The number of ether oxygens (including phenoxy) is 1. The molecule has 0 aliphatic rings. The van der Waals surface area contributed by atoms with E-state index >= 15 is 0 Å². The fourth-order valence-corrected chi connectivity index (χ4v) is 1.50. The highest BCUT2D eigenvalue weighted by Gasteiger charge is 2.38. The van der Waals surface area contributed by atoms with Gasteiger partial charge in [0.1, 0.15) is 5.69 Å². The van der Waals surface area contributed by atoms with Gasteiger partial charge in [-0.15, -0.1) is 13.2 Å². The highest BCUT2D eigenvalue weighted by Crippen LogP contribution is 2.36. The normalized spacial score (nSPS) is 12.4. The van der Waals surface area contributed by atoms with Crippen LogP contribution in [0.4, 0.5) is 26.3 Å². The Balaban J connectivity index is 3.52. The quantitative estimate of drug-likeness (QED) is 0.686. The van der Waals surface area contributed by atoms with Crippen LogP contribution in [0.15, 0.2) is 6.07 Å². The summed E-state index contributed by atoms with van der Waals surface area (Å²) in [5.41, 5.74) is 1.63. The number of pyridine rings is 1. The van der Waals surface area contributed by atoms with Crippen molar-refractivity contribution < 1.29 is 35.9 Å². The number of aromatic nitrogens is 1. The lowest BCUT2D eigenvalue weighted by atomic mass is 10.1. The van der Waals surface area contributed by atoms with Crippen molar-refractivity contribution in [2.24, 2.45) is 5.73 Å². The van der Waals surface area contributed by atoms with Gasteiger partial charge in [0.2, 0.25) is 5.88 Å². The molecule has 1 rings (SSSR count). The minimum Gasteiger partial charge on any atom is -0.388 e. The molecule has 0 fully saturated rings. The molecule has 1 heterocycles. The third-order valence-electron chi connectivity index (χ3n) is 2.02. The number of hydrogen-bond donors (Lipinski definition) is 1. The lowest BCUT2D eigenvalue weighted by Crippen LogP contribution is -2.22. The minimum absolute atomic E-state index is 0.000980. The summed E-state index contributed by atoms with van der Waals surface area (Å²) < 4.78 is 77.4. The average Bonchev–Trinajstić information content (AvgIpc) is 2.24. The molecule has 0 aliphatic carbocycles. The summed E-state index contributed by atoms with van der Waals surface area (Å²) in [5.74, 6) is -1.45. The van der Waals surface area contributed by atoms with E-state index < -0.39 is 47.0 Å². The van der Waals surface area contributed by atoms with Gasteiger partial charge in [-0.3, -0.25) is 4.79 Å². The van der Waals surface area contributed by atoms with Gasteiger partial charge in [0, 0.05) is 18.2 Å². The van der Waals surface area contributed by atoms with E-state index in [9.17, 15) is 31.1 Å². The molecule has 0 atom stereocenters. The molecule has 11 heteroatoms. The Morgan fingerprint density at radius 1 is 1.30 bits per heavy atom. The zero-order valence-electron chi connectivity index (χ0n) is 9.27. The first kappa shape index (κ1) is 16.5. The Bertz CT molecular complexity index is 528. The van der Waals surface area contributed by atoms with Crippen LogP contribution < -0.4 is 10.5 Å². The van der Waals surface area contributed by atoms with Crippen molar-refractivity contribution in [2.75, 3.05) is 0 Å². The van der Waals surface area contributed by atoms with E-state index in [1.807, 2.05) is 0 Å². The monoisotopic (exact) mass is 322 g/mol. The van der Waals surface area contributed by atoms with Crippen LogP contribution in [0, 0.1) is 0 Å². The lowest BCUT2D eigenvalue weighted by Gasteiger charge is -2.16. The molecule has 0 amide bonds. The second kappa shape index (κ2) is 5.44. The fraction of sp³-hybridized carbons (Fsp3) is 0.333. The lowest BCUT2D eigenvalue weighted by molar-refractivity contribution is -0.276. The maximum absolute atomic E-state index is 12.7. The van der Waals surface area contributed by atoms with Crippen LogP contribution in [-0.2, 0) is 12.7 Å². The van der Waals surface area contributed by atoms with Crippen LogP contribution in [0.3, 0.4) is 0 Å². The fourth-order valence-electron chi connectivity index (χ4n) is 1.34. The molecule has 0 bridgehead atoms. The summed E-state index contributed by atoms with van der Waals surface area (Å²) in [6, 6.07) is -0.000980. The topological polar surface area (TPSA) is 65.2 Å². The van der Waals surface area contributed by atoms with Gasteiger partial charge < -0.3 is 10.5 Å². The maximum atomic E-state index is 12.7. The van der Waals surface area contributed by atoms with Gasteiger partial charge in [-0.05, 0) is 11.6 Å². The second-order valence-electron chi connectivity index (χ2n) is 3.36. The van der Waals surface area contributed by atoms with Crippen molar-refractivity contribution in [2.45, 2.75) is 19.1 Å². The Morgan fingerprint density at radius 3 is 2.20 bits per heavy atom. The van der Waals surface area contributed by atoms with Gasteiger partial charge >= 0.3 is 12.5 Å². The van der Waals surface area contributed by atoms with Gasteiger partial charge in [-0.2, -0.15) is 13.2 Å². The molecule has 0 unspecified atom stereocenters. The summed E-state index contributed by atoms with van der Waals surface area (Å²) in [6.45, 7) is -0.790. The molecule has 0 radical (unpaired) electrons. The molecule has 4 nitrogen and oxygen atoms in total. The van der Waals surface area contributed by atoms with Crippen molar-refractivity contribution in [3.63, 3.8) is 0 Å². The molecule has 0 spiro atoms. The molecular weight excluding hydrogens is 318 g/mol. The molecule has 0 aromatic carbocycles. The van der Waals surface area contributed by atoms with E-state index in [0.29, 0.717) is 0 Å². The molecule has 1 aromatic rings. The zero-order chi connectivity index (χ0) is 15.7. The van der Waals surface area contributed by atoms with Gasteiger partial charge in [0.25, 0.3) is 5.24 Å². The van der Waals surface area contributed by atoms with Gasteiger partial charge in [0.15, 0.2) is 0 Å². The van der Waals surface area contributed by atoms with Crippen LogP contribution in [0.1, 0.15) is 21.6 Å². The number of carbonyl (C=O) groups excluding carboxylic acids is 1. The van der Waals surface area contributed by atoms with Gasteiger partial charge in [-0.1, -0.05) is 0 Å². The first-order valence-electron chi connectivity index (χ1n) is 4.72. The molecule has 20 heavy (non-hydrogen) atoms. The highest BCUT2D eigenvalue weighted by molar-refractivity contribution is 6.67. The van der Waals surface area contributed by atoms with E-state index in [0.717, 1.165) is 0 Å². The third-order valence-corrected chi connectivity index (χ3v) is 2.20. The number of nitrogens with zero attached hydrogens (tertiary/aromatic N) is 1. The zero-order valence-corrected chi connectivity index (χ0v) is 10.0. The van der Waals surface area contributed by atoms with Crippen LogP contribution in [0.2, 0.25) is 0 Å². The minimum atomic E-state index is -5.27. The number of alkyl halides is 6. The van der Waals surface area contributed by atoms with Gasteiger partial charge in [-0.25, -0.2) is 4.98 Å². The summed E-state index contributed by atoms with van der Waals surface area (Å²) >= 11 is 4.99. The smallest absolute Gasteiger partial charge is 0.388 e. The predicted octanol–water partition coefficient (Wildman–Crippen LogP) is 2.84. The summed E-state index contributed by atoms with van der Waals surface area (Å²) in [6.07, 6.45) is -10.3. The van der Waals surface area contributed by atoms with Crippen molar-refractivity contribution in [1.29, 1.82) is 0 Å². The first-order valence-corrected chi connectivity index (χ1v) is 5.10. The predicted molar refractivity (Wildman–Crippen MR) is 54.0 cm³/mol. The van der Waals surface area contributed by atoms with E-state index in [1.54, 1.807) is 0 Å². The molecule has 0 aliphatic heterocycles. The SMILES string of the molecule is NCc1c(C(F)(F)F)cc(OC(F)(F)F)nc1C(=O)Cl. The molecule has 0 saturated carbocycles. The number of hydrogen-bond acceptors (Lipinski definition) is 4. The Kier molecular flexibility index (Phi) is 4.49. The molecule has 1 aromatic heterocycles. The standard InChI is InChI=1S/C9H5ClF6N2O2/c10-7(19)6-3(2-17)4(8(11,12)13)1-5(18-6)20-9(14,15)16/h1H,2,17H2. The van der Waals surface area contributed by atoms with E-state index in [1.165, 1.54) is 0 Å². The van der Waals surface area contributed by atoms with Crippen molar-refractivity contribution in [3.8, 4) is 5.88 Å². The maximum Gasteiger partial charge on any atom is 0.574 e. The molecule has 0 saturated heterocycles. The summed E-state index contributed by atoms with van der Waals surface area (Å²) in [7, 11) is 0. The van der Waals surface area contributed by atoms with Crippen LogP contribution in [0.25, 0.3) is 0 Å². The van der Waals surface area contributed by atoms with E-state index in [-0.39, 0.29) is 6.07 Å². The Hall–Kier alpha value is -1.55. The molecular formula is C9H5ClF6N2O2. The largest absolute Gasteiger partial charge is 0.574 e. The first-order chi connectivity index (χ1) is 8.95. The molecule has 2 N–H and O–H groups in total. The van der Waals surface area contributed by atoms with Crippen molar-refractivity contribution >= 4 is 16.8 Å². The summed E-state index contributed by atoms with van der Waals surface area (Å²) in [4.78, 5) is 14.0. The van der Waals surface area contributed by atoms with Crippen LogP contribution in [0.5, 0.6) is 5.88 Å². The van der Waals surface area contributed by atoms with Crippen molar-refractivity contribution in [1.82, 2.24) is 4.98 Å². The van der Waals surface area contributed by atoms with Crippen LogP contribution in [-0.4, -0.2) is 16.6 Å². The Labute approximate surface area is 112 Å². The van der Waals surface area contributed by atoms with Gasteiger partial charge in [0.05, 0.1) is 5.56 Å². The number of halogens is 7. The number of rotatable bonds is 3. The number of carbonyl (C=O) groups is 1. The number of nitrogens with two attached hydrogens (primary N) is 1. The second-order valence-corrected chi connectivity index (χ2v) is 3.70. The highest BCUT2D eigenvalue weighted by atomic mass is 35.5. The summed E-state index contributed by atoms with van der Waals surface area (Å²) in [5, 5.41) is -1.48. The Morgan fingerprint density at radius 2 is 1.85 bits per heavy atom. The average molecular weight is 323 g/mol. The van der Waals surface area contributed by atoms with E-state index in [2.05, 4.69) is 9.72 Å². The molecule has 112 valence electrons. The third kappa shape index (κ3) is 3.97.